The molecule has 4 nitrogen and oxygen atoms in total. The molecule has 0 bridgehead atoms. The molecule has 2 heterocycles. The second kappa shape index (κ2) is 7.20. The summed E-state index contributed by atoms with van der Waals surface area (Å²) in [7, 11) is 0. The standard InChI is InChI=1S/C16H24N4/c1-4-9-17-11-13-7-8-16(18-12-13)20-15(6-3)10-14(5-2)19-20/h7-8,10,12,17H,4-6,9,11H2,1-3H3. The van der Waals surface area contributed by atoms with Gasteiger partial charge in [-0.2, -0.15) is 5.10 Å². The Labute approximate surface area is 121 Å². The zero-order valence-electron chi connectivity index (χ0n) is 12.7. The minimum atomic E-state index is 0.876. The molecule has 0 saturated heterocycles. The highest BCUT2D eigenvalue weighted by atomic mass is 15.3. The fourth-order valence-corrected chi connectivity index (χ4v) is 2.15. The molecule has 0 aliphatic carbocycles. The number of aryl methyl sites for hydroxylation is 2. The first-order valence-electron chi connectivity index (χ1n) is 7.52. The van der Waals surface area contributed by atoms with E-state index in [1.807, 2.05) is 10.9 Å². The Hall–Kier alpha value is -1.68. The molecule has 0 spiro atoms. The van der Waals surface area contributed by atoms with E-state index in [1.165, 1.54) is 11.3 Å². The maximum Gasteiger partial charge on any atom is 0.153 e. The minimum Gasteiger partial charge on any atom is -0.313 e. The van der Waals surface area contributed by atoms with Crippen LogP contribution in [0.25, 0.3) is 5.82 Å². The van der Waals surface area contributed by atoms with Gasteiger partial charge in [0.05, 0.1) is 5.69 Å². The molecule has 0 saturated carbocycles. The summed E-state index contributed by atoms with van der Waals surface area (Å²) in [6.45, 7) is 8.36. The first-order chi connectivity index (χ1) is 9.78. The van der Waals surface area contributed by atoms with Gasteiger partial charge in [-0.3, -0.25) is 0 Å². The number of hydrogen-bond acceptors (Lipinski definition) is 3. The molecule has 2 rings (SSSR count). The lowest BCUT2D eigenvalue weighted by atomic mass is 10.2. The van der Waals surface area contributed by atoms with Crippen molar-refractivity contribution >= 4 is 0 Å². The number of aromatic nitrogens is 3. The van der Waals surface area contributed by atoms with E-state index in [2.05, 4.69) is 54.4 Å². The third-order valence-electron chi connectivity index (χ3n) is 3.34. The molecule has 2 aromatic heterocycles. The van der Waals surface area contributed by atoms with Gasteiger partial charge in [-0.25, -0.2) is 9.67 Å². The molecule has 0 fully saturated rings. The summed E-state index contributed by atoms with van der Waals surface area (Å²) in [5, 5.41) is 8.00. The molecule has 0 aliphatic rings. The summed E-state index contributed by atoms with van der Waals surface area (Å²) in [4.78, 5) is 4.54. The van der Waals surface area contributed by atoms with Gasteiger partial charge in [0.1, 0.15) is 0 Å². The molecule has 1 N–H and O–H groups in total. The van der Waals surface area contributed by atoms with Crippen LogP contribution in [-0.2, 0) is 19.4 Å². The average molecular weight is 272 g/mol. The van der Waals surface area contributed by atoms with Crippen LogP contribution in [0.4, 0.5) is 0 Å². The normalized spacial score (nSPS) is 10.9. The average Bonchev–Trinajstić information content (AvgIpc) is 2.91. The van der Waals surface area contributed by atoms with E-state index >= 15 is 0 Å². The predicted octanol–water partition coefficient (Wildman–Crippen LogP) is 2.89. The Morgan fingerprint density at radius 1 is 1.15 bits per heavy atom. The molecule has 0 radical (unpaired) electrons. The smallest absolute Gasteiger partial charge is 0.153 e. The van der Waals surface area contributed by atoms with Crippen LogP contribution < -0.4 is 5.32 Å². The largest absolute Gasteiger partial charge is 0.313 e. The summed E-state index contributed by atoms with van der Waals surface area (Å²) < 4.78 is 1.96. The summed E-state index contributed by atoms with van der Waals surface area (Å²) in [6, 6.07) is 6.34. The molecule has 0 amide bonds. The summed E-state index contributed by atoms with van der Waals surface area (Å²) >= 11 is 0. The number of pyridine rings is 1. The highest BCUT2D eigenvalue weighted by molar-refractivity contribution is 5.28. The van der Waals surface area contributed by atoms with Crippen molar-refractivity contribution in [2.24, 2.45) is 0 Å². The van der Waals surface area contributed by atoms with Crippen molar-refractivity contribution in [3.63, 3.8) is 0 Å². The third-order valence-corrected chi connectivity index (χ3v) is 3.34. The molecule has 20 heavy (non-hydrogen) atoms. The highest BCUT2D eigenvalue weighted by Gasteiger charge is 2.08. The number of nitrogens with zero attached hydrogens (tertiary/aromatic N) is 3. The van der Waals surface area contributed by atoms with E-state index in [-0.39, 0.29) is 0 Å². The van der Waals surface area contributed by atoms with Gasteiger partial charge >= 0.3 is 0 Å². The van der Waals surface area contributed by atoms with Gasteiger partial charge in [0.2, 0.25) is 0 Å². The van der Waals surface area contributed by atoms with E-state index in [9.17, 15) is 0 Å². The Kier molecular flexibility index (Phi) is 5.30. The van der Waals surface area contributed by atoms with Gasteiger partial charge in [0.15, 0.2) is 5.82 Å². The lowest BCUT2D eigenvalue weighted by molar-refractivity contribution is 0.672. The predicted molar refractivity (Wildman–Crippen MR) is 82.1 cm³/mol. The van der Waals surface area contributed by atoms with Crippen molar-refractivity contribution in [1.82, 2.24) is 20.1 Å². The highest BCUT2D eigenvalue weighted by Crippen LogP contribution is 2.12. The topological polar surface area (TPSA) is 42.7 Å². The van der Waals surface area contributed by atoms with Crippen LogP contribution in [0, 0.1) is 0 Å². The lowest BCUT2D eigenvalue weighted by Crippen LogP contribution is -2.14. The molecular weight excluding hydrogens is 248 g/mol. The lowest BCUT2D eigenvalue weighted by Gasteiger charge is -2.07. The molecule has 2 aromatic rings. The fraction of sp³-hybridized carbons (Fsp3) is 0.500. The number of hydrogen-bond donors (Lipinski definition) is 1. The SMILES string of the molecule is CCCNCc1ccc(-n2nc(CC)cc2CC)nc1. The maximum absolute atomic E-state index is 4.61. The first kappa shape index (κ1) is 14.7. The van der Waals surface area contributed by atoms with Crippen molar-refractivity contribution in [3.05, 3.63) is 41.3 Å². The monoisotopic (exact) mass is 272 g/mol. The van der Waals surface area contributed by atoms with Crippen LogP contribution in [0.1, 0.15) is 44.1 Å². The molecule has 0 aromatic carbocycles. The van der Waals surface area contributed by atoms with Crippen LogP contribution in [0.15, 0.2) is 24.4 Å². The summed E-state index contributed by atoms with van der Waals surface area (Å²) in [5.74, 6) is 0.904. The molecule has 0 atom stereocenters. The van der Waals surface area contributed by atoms with Gasteiger partial charge in [-0.15, -0.1) is 0 Å². The summed E-state index contributed by atoms with van der Waals surface area (Å²) in [6.07, 6.45) is 5.01. The third kappa shape index (κ3) is 3.45. The Balaban J connectivity index is 2.14. The van der Waals surface area contributed by atoms with Crippen molar-refractivity contribution in [1.29, 1.82) is 0 Å². The van der Waals surface area contributed by atoms with Crippen molar-refractivity contribution in [2.75, 3.05) is 6.54 Å². The van der Waals surface area contributed by atoms with Crippen LogP contribution in [0.3, 0.4) is 0 Å². The number of nitrogens with one attached hydrogen (secondary N) is 1. The van der Waals surface area contributed by atoms with E-state index in [0.717, 1.165) is 43.9 Å². The van der Waals surface area contributed by atoms with Crippen molar-refractivity contribution < 1.29 is 0 Å². The van der Waals surface area contributed by atoms with Crippen LogP contribution >= 0.6 is 0 Å². The van der Waals surface area contributed by atoms with E-state index in [4.69, 9.17) is 0 Å². The number of rotatable bonds is 7. The second-order valence-corrected chi connectivity index (χ2v) is 4.95. The fourth-order valence-electron chi connectivity index (χ4n) is 2.15. The van der Waals surface area contributed by atoms with Crippen molar-refractivity contribution in [3.8, 4) is 5.82 Å². The van der Waals surface area contributed by atoms with E-state index in [0.29, 0.717) is 0 Å². The van der Waals surface area contributed by atoms with Gasteiger partial charge in [0.25, 0.3) is 0 Å². The molecular formula is C16H24N4. The zero-order chi connectivity index (χ0) is 14.4. The Morgan fingerprint density at radius 2 is 2.00 bits per heavy atom. The van der Waals surface area contributed by atoms with Crippen molar-refractivity contribution in [2.45, 2.75) is 46.6 Å². The van der Waals surface area contributed by atoms with Crippen LogP contribution in [0.2, 0.25) is 0 Å². The van der Waals surface area contributed by atoms with Crippen LogP contribution in [0.5, 0.6) is 0 Å². The van der Waals surface area contributed by atoms with E-state index < -0.39 is 0 Å². The van der Waals surface area contributed by atoms with Gasteiger partial charge < -0.3 is 5.32 Å². The summed E-state index contributed by atoms with van der Waals surface area (Å²) in [5.41, 5.74) is 3.55. The maximum atomic E-state index is 4.61. The molecule has 0 aliphatic heterocycles. The molecule has 108 valence electrons. The van der Waals surface area contributed by atoms with E-state index in [1.54, 1.807) is 0 Å². The Bertz CT molecular complexity index is 528. The zero-order valence-corrected chi connectivity index (χ0v) is 12.7. The first-order valence-corrected chi connectivity index (χ1v) is 7.52. The minimum absolute atomic E-state index is 0.876. The second-order valence-electron chi connectivity index (χ2n) is 4.95. The van der Waals surface area contributed by atoms with Gasteiger partial charge in [0, 0.05) is 18.4 Å². The molecule has 0 unspecified atom stereocenters. The quantitative estimate of drug-likeness (QED) is 0.788. The van der Waals surface area contributed by atoms with Gasteiger partial charge in [-0.05, 0) is 43.5 Å². The Morgan fingerprint density at radius 3 is 2.60 bits per heavy atom. The van der Waals surface area contributed by atoms with Gasteiger partial charge in [-0.1, -0.05) is 26.8 Å². The van der Waals surface area contributed by atoms with Crippen LogP contribution in [-0.4, -0.2) is 21.3 Å². The molecule has 4 heteroatoms.